The molecule has 0 saturated heterocycles. The molecule has 1 atom stereocenters. The van der Waals surface area contributed by atoms with Crippen molar-refractivity contribution in [2.24, 2.45) is 0 Å². The van der Waals surface area contributed by atoms with Crippen molar-refractivity contribution in [2.45, 2.75) is 50.1 Å². The molecule has 186 valence electrons. The first-order chi connectivity index (χ1) is 17.5. The topological polar surface area (TPSA) is 61.4 Å². The van der Waals surface area contributed by atoms with Crippen LogP contribution in [0, 0.1) is 0 Å². The normalized spacial score (nSPS) is 19.7. The number of carbonyl (C=O) groups excluding carboxylic acids is 2. The number of halogens is 2. The molecule has 1 saturated carbocycles. The van der Waals surface area contributed by atoms with Gasteiger partial charge < -0.3 is 10.6 Å². The fourth-order valence-electron chi connectivity index (χ4n) is 5.68. The molecule has 5 rings (SSSR count). The Morgan fingerprint density at radius 1 is 0.944 bits per heavy atom. The average Bonchev–Trinajstić information content (AvgIpc) is 3.14. The van der Waals surface area contributed by atoms with E-state index in [1.807, 2.05) is 66.7 Å². The van der Waals surface area contributed by atoms with Crippen molar-refractivity contribution in [3.8, 4) is 0 Å². The summed E-state index contributed by atoms with van der Waals surface area (Å²) >= 11 is 12.6. The molecule has 0 radical (unpaired) electrons. The van der Waals surface area contributed by atoms with Crippen molar-refractivity contribution in [1.82, 2.24) is 4.90 Å². The van der Waals surface area contributed by atoms with E-state index in [2.05, 4.69) is 15.5 Å². The van der Waals surface area contributed by atoms with E-state index >= 15 is 0 Å². The lowest BCUT2D eigenvalue weighted by atomic mass is 9.80. The van der Waals surface area contributed by atoms with Gasteiger partial charge in [0.05, 0.1) is 6.54 Å². The number of nitrogens with one attached hydrogen (secondary N) is 2. The third-order valence-electron chi connectivity index (χ3n) is 7.28. The van der Waals surface area contributed by atoms with E-state index in [0.717, 1.165) is 42.5 Å². The predicted molar refractivity (Wildman–Crippen MR) is 146 cm³/mol. The number of hydrogen-bond donors (Lipinski definition) is 2. The number of amides is 2. The number of hydrogen-bond acceptors (Lipinski definition) is 3. The molecule has 2 N–H and O–H groups in total. The van der Waals surface area contributed by atoms with Crippen molar-refractivity contribution in [3.05, 3.63) is 94.0 Å². The van der Waals surface area contributed by atoms with Gasteiger partial charge in [0.1, 0.15) is 5.54 Å². The van der Waals surface area contributed by atoms with E-state index < -0.39 is 5.54 Å². The van der Waals surface area contributed by atoms with E-state index in [1.54, 1.807) is 6.07 Å². The van der Waals surface area contributed by atoms with Crippen molar-refractivity contribution >= 4 is 46.4 Å². The summed E-state index contributed by atoms with van der Waals surface area (Å²) in [7, 11) is 0. The van der Waals surface area contributed by atoms with Crippen LogP contribution in [0.25, 0.3) is 0 Å². The first-order valence-electron chi connectivity index (χ1n) is 12.4. The third kappa shape index (κ3) is 5.01. The molecule has 1 aliphatic carbocycles. The van der Waals surface area contributed by atoms with Crippen LogP contribution < -0.4 is 10.6 Å². The van der Waals surface area contributed by atoms with Crippen LogP contribution in [0.2, 0.25) is 10.0 Å². The highest BCUT2D eigenvalue weighted by Gasteiger charge is 2.53. The molecule has 0 spiro atoms. The van der Waals surface area contributed by atoms with Gasteiger partial charge in [-0.15, -0.1) is 0 Å². The summed E-state index contributed by atoms with van der Waals surface area (Å²) in [6.07, 6.45) is 5.58. The SMILES string of the molecule is O=C(CN(C1CCCCC1)C1(Cc2cccc(Cl)c2)C(=O)Nc2cc(Cl)ccc21)Nc1ccccc1. The predicted octanol–water partition coefficient (Wildman–Crippen LogP) is 6.66. The highest BCUT2D eigenvalue weighted by molar-refractivity contribution is 6.31. The Morgan fingerprint density at radius 2 is 1.69 bits per heavy atom. The fraction of sp³-hybridized carbons (Fsp3) is 0.310. The van der Waals surface area contributed by atoms with Gasteiger partial charge in [-0.05, 0) is 54.8 Å². The van der Waals surface area contributed by atoms with Crippen LogP contribution in [-0.2, 0) is 21.5 Å². The standard InChI is InChI=1S/C29H29Cl2N3O2/c30-21-9-7-8-20(16-21)18-29(25-15-14-22(31)17-26(25)33-28(29)36)34(24-12-5-2-6-13-24)19-27(35)32-23-10-3-1-4-11-23/h1,3-4,7-11,14-17,24H,2,5-6,12-13,18-19H2,(H,32,35)(H,33,36). The van der Waals surface area contributed by atoms with Crippen LogP contribution >= 0.6 is 23.2 Å². The van der Waals surface area contributed by atoms with Crippen LogP contribution in [-0.4, -0.2) is 29.3 Å². The lowest BCUT2D eigenvalue weighted by Gasteiger charge is -2.45. The molecule has 0 aromatic heterocycles. The molecule has 1 heterocycles. The second-order valence-electron chi connectivity index (χ2n) is 9.64. The minimum atomic E-state index is -1.07. The molecule has 36 heavy (non-hydrogen) atoms. The third-order valence-corrected chi connectivity index (χ3v) is 7.75. The van der Waals surface area contributed by atoms with Gasteiger partial charge in [0, 0.05) is 39.4 Å². The summed E-state index contributed by atoms with van der Waals surface area (Å²) in [6.45, 7) is 0.0929. The quantitative estimate of drug-likeness (QED) is 0.365. The molecule has 5 nitrogen and oxygen atoms in total. The second-order valence-corrected chi connectivity index (χ2v) is 10.5. The summed E-state index contributed by atoms with van der Waals surface area (Å²) in [5.74, 6) is -0.287. The van der Waals surface area contributed by atoms with Gasteiger partial charge in [0.25, 0.3) is 0 Å². The number of anilines is 2. The number of para-hydroxylation sites is 1. The van der Waals surface area contributed by atoms with E-state index in [9.17, 15) is 9.59 Å². The van der Waals surface area contributed by atoms with Crippen LogP contribution in [0.4, 0.5) is 11.4 Å². The number of rotatable bonds is 7. The minimum Gasteiger partial charge on any atom is -0.325 e. The average molecular weight is 522 g/mol. The van der Waals surface area contributed by atoms with Gasteiger partial charge in [0.2, 0.25) is 11.8 Å². The highest BCUT2D eigenvalue weighted by Crippen LogP contribution is 2.46. The number of benzene rings is 3. The van der Waals surface area contributed by atoms with Crippen molar-refractivity contribution in [2.75, 3.05) is 17.2 Å². The monoisotopic (exact) mass is 521 g/mol. The molecule has 3 aromatic carbocycles. The Labute approximate surface area is 221 Å². The second kappa shape index (κ2) is 10.6. The Hall–Kier alpha value is -2.86. The summed E-state index contributed by atoms with van der Waals surface area (Å²) in [5, 5.41) is 7.26. The molecule has 3 aromatic rings. The molecule has 1 aliphatic heterocycles. The molecule has 1 fully saturated rings. The van der Waals surface area contributed by atoms with Crippen molar-refractivity contribution in [1.29, 1.82) is 0 Å². The van der Waals surface area contributed by atoms with Gasteiger partial charge in [0.15, 0.2) is 0 Å². The number of fused-ring (bicyclic) bond motifs is 1. The molecule has 2 aliphatic rings. The van der Waals surface area contributed by atoms with E-state index in [4.69, 9.17) is 23.2 Å². The largest absolute Gasteiger partial charge is 0.325 e. The first kappa shape index (κ1) is 24.8. The Kier molecular flexibility index (Phi) is 7.33. The molecule has 1 unspecified atom stereocenters. The maximum atomic E-state index is 14.0. The molecular formula is C29H29Cl2N3O2. The fourth-order valence-corrected chi connectivity index (χ4v) is 6.06. The van der Waals surface area contributed by atoms with Crippen molar-refractivity contribution < 1.29 is 9.59 Å². The van der Waals surface area contributed by atoms with E-state index in [-0.39, 0.29) is 24.4 Å². The Bertz CT molecular complexity index is 1260. The summed E-state index contributed by atoms with van der Waals surface area (Å²) in [4.78, 5) is 29.6. The van der Waals surface area contributed by atoms with Crippen LogP contribution in [0.5, 0.6) is 0 Å². The zero-order valence-corrected chi connectivity index (χ0v) is 21.5. The van der Waals surface area contributed by atoms with Gasteiger partial charge in [-0.1, -0.05) is 78.9 Å². The number of carbonyl (C=O) groups is 2. The maximum Gasteiger partial charge on any atom is 0.249 e. The maximum absolute atomic E-state index is 14.0. The first-order valence-corrected chi connectivity index (χ1v) is 13.2. The molecule has 0 bridgehead atoms. The minimum absolute atomic E-state index is 0.0897. The number of nitrogens with zero attached hydrogens (tertiary/aromatic N) is 1. The van der Waals surface area contributed by atoms with Gasteiger partial charge in [-0.2, -0.15) is 0 Å². The Balaban J connectivity index is 1.60. The lowest BCUT2D eigenvalue weighted by molar-refractivity contribution is -0.133. The van der Waals surface area contributed by atoms with Crippen molar-refractivity contribution in [3.63, 3.8) is 0 Å². The smallest absolute Gasteiger partial charge is 0.249 e. The van der Waals surface area contributed by atoms with Gasteiger partial charge in [-0.3, -0.25) is 14.5 Å². The summed E-state index contributed by atoms with van der Waals surface area (Å²) in [6, 6.07) is 22.6. The molecule has 2 amide bonds. The zero-order valence-electron chi connectivity index (χ0n) is 20.0. The van der Waals surface area contributed by atoms with Crippen LogP contribution in [0.3, 0.4) is 0 Å². The highest BCUT2D eigenvalue weighted by atomic mass is 35.5. The summed E-state index contributed by atoms with van der Waals surface area (Å²) < 4.78 is 0. The summed E-state index contributed by atoms with van der Waals surface area (Å²) in [5.41, 5.74) is 2.14. The van der Waals surface area contributed by atoms with Crippen LogP contribution in [0.1, 0.15) is 43.2 Å². The van der Waals surface area contributed by atoms with E-state index in [0.29, 0.717) is 22.2 Å². The Morgan fingerprint density at radius 3 is 2.44 bits per heavy atom. The van der Waals surface area contributed by atoms with Gasteiger partial charge >= 0.3 is 0 Å². The van der Waals surface area contributed by atoms with Crippen LogP contribution in [0.15, 0.2) is 72.8 Å². The lowest BCUT2D eigenvalue weighted by Crippen LogP contribution is -2.59. The molecule has 7 heteroatoms. The van der Waals surface area contributed by atoms with E-state index in [1.165, 1.54) is 6.42 Å². The molecular weight excluding hydrogens is 493 g/mol. The zero-order chi connectivity index (χ0) is 25.1. The van der Waals surface area contributed by atoms with Gasteiger partial charge in [-0.25, -0.2) is 0 Å².